The maximum atomic E-state index is 13.6. The van der Waals surface area contributed by atoms with Crippen molar-refractivity contribution in [2.75, 3.05) is 6.61 Å². The molecule has 0 amide bonds. The van der Waals surface area contributed by atoms with Gasteiger partial charge in [0.25, 0.3) is 0 Å². The maximum Gasteiger partial charge on any atom is 0.125 e. The van der Waals surface area contributed by atoms with E-state index in [9.17, 15) is 9.50 Å². The topological polar surface area (TPSA) is 29.5 Å². The third-order valence-corrected chi connectivity index (χ3v) is 5.64. The molecule has 0 spiro atoms. The standard InChI is InChI=1S/C15H19FO2S/c1-2-18-14-6-3-10(16)7-13(14)15(17)8-11-4-5-12(9-15)19-11/h3,6-7,11-12,17H,2,4-5,8-9H2,1H3. The first-order valence-electron chi connectivity index (χ1n) is 6.91. The fraction of sp³-hybridized carbons (Fsp3) is 0.600. The molecule has 2 saturated heterocycles. The van der Waals surface area contributed by atoms with Gasteiger partial charge in [-0.05, 0) is 50.8 Å². The van der Waals surface area contributed by atoms with Gasteiger partial charge in [0.2, 0.25) is 0 Å². The molecule has 2 unspecified atom stereocenters. The quantitative estimate of drug-likeness (QED) is 0.920. The van der Waals surface area contributed by atoms with E-state index in [0.717, 1.165) is 12.8 Å². The second-order valence-electron chi connectivity index (χ2n) is 5.47. The lowest BCUT2D eigenvalue weighted by Gasteiger charge is -2.37. The summed E-state index contributed by atoms with van der Waals surface area (Å²) in [7, 11) is 0. The highest BCUT2D eigenvalue weighted by atomic mass is 32.2. The van der Waals surface area contributed by atoms with Crippen LogP contribution in [-0.4, -0.2) is 22.2 Å². The van der Waals surface area contributed by atoms with Crippen LogP contribution < -0.4 is 4.74 Å². The zero-order valence-electron chi connectivity index (χ0n) is 11.1. The van der Waals surface area contributed by atoms with Crippen LogP contribution in [0.2, 0.25) is 0 Å². The molecule has 19 heavy (non-hydrogen) atoms. The molecular formula is C15H19FO2S. The van der Waals surface area contributed by atoms with Gasteiger partial charge in [-0.2, -0.15) is 11.8 Å². The van der Waals surface area contributed by atoms with Crippen molar-refractivity contribution in [2.45, 2.75) is 48.7 Å². The second-order valence-corrected chi connectivity index (χ2v) is 7.08. The fourth-order valence-corrected chi connectivity index (χ4v) is 5.12. The summed E-state index contributed by atoms with van der Waals surface area (Å²) < 4.78 is 19.1. The number of benzene rings is 1. The predicted molar refractivity (Wildman–Crippen MR) is 75.1 cm³/mol. The van der Waals surface area contributed by atoms with Crippen molar-refractivity contribution >= 4 is 11.8 Å². The summed E-state index contributed by atoms with van der Waals surface area (Å²) in [4.78, 5) is 0. The minimum absolute atomic E-state index is 0.308. The Morgan fingerprint density at radius 3 is 2.68 bits per heavy atom. The SMILES string of the molecule is CCOc1ccc(F)cc1C1(O)CC2CCC(C1)S2. The van der Waals surface area contributed by atoms with Crippen LogP contribution in [0, 0.1) is 5.82 Å². The summed E-state index contributed by atoms with van der Waals surface area (Å²) in [6, 6.07) is 4.47. The van der Waals surface area contributed by atoms with Gasteiger partial charge in [-0.3, -0.25) is 0 Å². The average molecular weight is 282 g/mol. The predicted octanol–water partition coefficient (Wildman–Crippen LogP) is 3.47. The first-order valence-corrected chi connectivity index (χ1v) is 7.85. The molecule has 2 aliphatic heterocycles. The third-order valence-electron chi connectivity index (χ3n) is 4.07. The van der Waals surface area contributed by atoms with E-state index < -0.39 is 5.60 Å². The number of fused-ring (bicyclic) bond motifs is 2. The Morgan fingerprint density at radius 2 is 2.05 bits per heavy atom. The van der Waals surface area contributed by atoms with Gasteiger partial charge in [-0.1, -0.05) is 0 Å². The summed E-state index contributed by atoms with van der Waals surface area (Å²) in [6.07, 6.45) is 3.74. The second kappa shape index (κ2) is 4.98. The van der Waals surface area contributed by atoms with Gasteiger partial charge in [-0.15, -0.1) is 0 Å². The van der Waals surface area contributed by atoms with Crippen LogP contribution >= 0.6 is 11.8 Å². The van der Waals surface area contributed by atoms with Crippen LogP contribution in [-0.2, 0) is 5.60 Å². The number of thioether (sulfide) groups is 1. The van der Waals surface area contributed by atoms with Crippen molar-refractivity contribution in [1.82, 2.24) is 0 Å². The fourth-order valence-electron chi connectivity index (χ4n) is 3.28. The van der Waals surface area contributed by atoms with E-state index in [-0.39, 0.29) is 5.82 Å². The van der Waals surface area contributed by atoms with Crippen molar-refractivity contribution in [2.24, 2.45) is 0 Å². The van der Waals surface area contributed by atoms with Gasteiger partial charge in [0.05, 0.1) is 12.2 Å². The normalized spacial score (nSPS) is 33.4. The monoisotopic (exact) mass is 282 g/mol. The van der Waals surface area contributed by atoms with Crippen LogP contribution in [0.15, 0.2) is 18.2 Å². The molecule has 0 radical (unpaired) electrons. The molecule has 2 nitrogen and oxygen atoms in total. The highest BCUT2D eigenvalue weighted by molar-refractivity contribution is 8.00. The van der Waals surface area contributed by atoms with Crippen LogP contribution in [0.25, 0.3) is 0 Å². The highest BCUT2D eigenvalue weighted by Crippen LogP contribution is 2.52. The van der Waals surface area contributed by atoms with Crippen LogP contribution in [0.4, 0.5) is 4.39 Å². The van der Waals surface area contributed by atoms with Gasteiger partial charge in [0.15, 0.2) is 0 Å². The van der Waals surface area contributed by atoms with E-state index >= 15 is 0 Å². The molecule has 3 rings (SSSR count). The minimum Gasteiger partial charge on any atom is -0.493 e. The van der Waals surface area contributed by atoms with E-state index in [2.05, 4.69) is 0 Å². The van der Waals surface area contributed by atoms with E-state index in [1.54, 1.807) is 6.07 Å². The van der Waals surface area contributed by atoms with E-state index in [4.69, 9.17) is 4.74 Å². The number of hydrogen-bond acceptors (Lipinski definition) is 3. The average Bonchev–Trinajstić information content (AvgIpc) is 2.72. The molecule has 104 valence electrons. The number of hydrogen-bond donors (Lipinski definition) is 1. The molecule has 1 N–H and O–H groups in total. The van der Waals surface area contributed by atoms with E-state index in [1.807, 2.05) is 18.7 Å². The lowest BCUT2D eigenvalue weighted by molar-refractivity contribution is 0.0167. The first kappa shape index (κ1) is 13.3. The van der Waals surface area contributed by atoms with Gasteiger partial charge in [0.1, 0.15) is 11.6 Å². The van der Waals surface area contributed by atoms with Crippen LogP contribution in [0.5, 0.6) is 5.75 Å². The molecule has 2 fully saturated rings. The van der Waals surface area contributed by atoms with Crippen molar-refractivity contribution in [3.63, 3.8) is 0 Å². The zero-order chi connectivity index (χ0) is 13.5. The lowest BCUT2D eigenvalue weighted by atomic mass is 9.85. The number of halogens is 1. The summed E-state index contributed by atoms with van der Waals surface area (Å²) in [5.74, 6) is 0.315. The van der Waals surface area contributed by atoms with Crippen molar-refractivity contribution in [3.8, 4) is 5.75 Å². The molecule has 1 aromatic rings. The molecule has 0 saturated carbocycles. The number of rotatable bonds is 3. The molecule has 2 heterocycles. The van der Waals surface area contributed by atoms with Crippen molar-refractivity contribution < 1.29 is 14.2 Å². The van der Waals surface area contributed by atoms with Gasteiger partial charge in [-0.25, -0.2) is 4.39 Å². The Hall–Kier alpha value is -0.740. The Kier molecular flexibility index (Phi) is 3.48. The number of ether oxygens (including phenoxy) is 1. The smallest absolute Gasteiger partial charge is 0.125 e. The minimum atomic E-state index is -0.927. The summed E-state index contributed by atoms with van der Waals surface area (Å²) in [5, 5.41) is 12.0. The van der Waals surface area contributed by atoms with Gasteiger partial charge in [0, 0.05) is 16.1 Å². The van der Waals surface area contributed by atoms with Crippen LogP contribution in [0.1, 0.15) is 38.2 Å². The molecule has 1 aromatic carbocycles. The van der Waals surface area contributed by atoms with Crippen molar-refractivity contribution in [3.05, 3.63) is 29.6 Å². The summed E-state index contributed by atoms with van der Waals surface area (Å²) in [5.41, 5.74) is -0.296. The van der Waals surface area contributed by atoms with Crippen molar-refractivity contribution in [1.29, 1.82) is 0 Å². The zero-order valence-corrected chi connectivity index (χ0v) is 11.9. The lowest BCUT2D eigenvalue weighted by Crippen LogP contribution is -2.35. The maximum absolute atomic E-state index is 13.6. The molecule has 0 aromatic heterocycles. The molecule has 2 aliphatic rings. The van der Waals surface area contributed by atoms with E-state index in [1.165, 1.54) is 12.1 Å². The van der Waals surface area contributed by atoms with Gasteiger partial charge < -0.3 is 9.84 Å². The molecule has 2 atom stereocenters. The molecule has 2 bridgehead atoms. The Morgan fingerprint density at radius 1 is 1.37 bits per heavy atom. The molecular weight excluding hydrogens is 263 g/mol. The van der Waals surface area contributed by atoms with E-state index in [0.29, 0.717) is 41.3 Å². The van der Waals surface area contributed by atoms with Gasteiger partial charge >= 0.3 is 0 Å². The first-order chi connectivity index (χ1) is 9.10. The Labute approximate surface area is 117 Å². The summed E-state index contributed by atoms with van der Waals surface area (Å²) in [6.45, 7) is 2.42. The van der Waals surface area contributed by atoms with Crippen LogP contribution in [0.3, 0.4) is 0 Å². The summed E-state index contributed by atoms with van der Waals surface area (Å²) >= 11 is 1.98. The largest absolute Gasteiger partial charge is 0.493 e. The highest BCUT2D eigenvalue weighted by Gasteiger charge is 2.45. The Balaban J connectivity index is 1.97. The third kappa shape index (κ3) is 2.48. The Bertz CT molecular complexity index is 465. The number of aliphatic hydroxyl groups is 1. The molecule has 0 aliphatic carbocycles. The molecule has 4 heteroatoms.